The molecule has 1 N–H and O–H groups in total. The zero-order chi connectivity index (χ0) is 16.8. The van der Waals surface area contributed by atoms with Crippen molar-refractivity contribution in [3.8, 4) is 11.5 Å². The Morgan fingerprint density at radius 1 is 1.17 bits per heavy atom. The molecule has 0 saturated heterocycles. The van der Waals surface area contributed by atoms with E-state index in [9.17, 15) is 4.79 Å². The molecule has 122 valence electrons. The summed E-state index contributed by atoms with van der Waals surface area (Å²) in [4.78, 5) is 12.3. The lowest BCUT2D eigenvalue weighted by molar-refractivity contribution is 0.102. The quantitative estimate of drug-likeness (QED) is 0.790. The third-order valence-corrected chi connectivity index (χ3v) is 3.73. The lowest BCUT2D eigenvalue weighted by atomic mass is 10.2. The normalized spacial score (nSPS) is 10.5. The molecule has 1 amide bonds. The molecule has 0 bridgehead atoms. The first-order valence-corrected chi connectivity index (χ1v) is 8.16. The lowest BCUT2D eigenvalue weighted by Gasteiger charge is -2.10. The number of anilines is 1. The topological polar surface area (TPSA) is 47.6 Å². The van der Waals surface area contributed by atoms with Crippen LogP contribution in [0.15, 0.2) is 46.9 Å². The van der Waals surface area contributed by atoms with Crippen LogP contribution in [0.3, 0.4) is 0 Å². The van der Waals surface area contributed by atoms with Crippen molar-refractivity contribution in [3.05, 3.63) is 52.5 Å². The molecule has 2 aromatic rings. The zero-order valence-electron chi connectivity index (χ0n) is 13.4. The van der Waals surface area contributed by atoms with Crippen molar-refractivity contribution in [3.63, 3.8) is 0 Å². The molecular weight excluding hydrogens is 358 g/mol. The fourth-order valence-electron chi connectivity index (χ4n) is 1.91. The standard InChI is InChI=1S/C18H20BrNO3/c1-12(2)11-23-15-7-5-14(6-8-15)20-18(21)13-4-9-17(22-3)16(19)10-13/h4-10,12H,11H2,1-3H3,(H,20,21). The molecule has 0 heterocycles. The number of methoxy groups -OCH3 is 1. The average Bonchev–Trinajstić information content (AvgIpc) is 2.54. The van der Waals surface area contributed by atoms with Gasteiger partial charge in [-0.15, -0.1) is 0 Å². The van der Waals surface area contributed by atoms with Gasteiger partial charge in [-0.25, -0.2) is 0 Å². The van der Waals surface area contributed by atoms with Crippen molar-refractivity contribution >= 4 is 27.5 Å². The van der Waals surface area contributed by atoms with Crippen LogP contribution in [-0.4, -0.2) is 19.6 Å². The van der Waals surface area contributed by atoms with E-state index in [4.69, 9.17) is 9.47 Å². The maximum atomic E-state index is 12.3. The molecular formula is C18H20BrNO3. The summed E-state index contributed by atoms with van der Waals surface area (Å²) in [5.74, 6) is 1.78. The van der Waals surface area contributed by atoms with Crippen molar-refractivity contribution in [2.24, 2.45) is 5.92 Å². The Morgan fingerprint density at radius 3 is 2.43 bits per heavy atom. The van der Waals surface area contributed by atoms with E-state index < -0.39 is 0 Å². The minimum Gasteiger partial charge on any atom is -0.496 e. The maximum Gasteiger partial charge on any atom is 0.255 e. The summed E-state index contributed by atoms with van der Waals surface area (Å²) in [7, 11) is 1.59. The van der Waals surface area contributed by atoms with Gasteiger partial charge >= 0.3 is 0 Å². The third-order valence-electron chi connectivity index (χ3n) is 3.11. The highest BCUT2D eigenvalue weighted by Crippen LogP contribution is 2.26. The van der Waals surface area contributed by atoms with E-state index in [2.05, 4.69) is 35.1 Å². The number of ether oxygens (including phenoxy) is 2. The molecule has 0 unspecified atom stereocenters. The Hall–Kier alpha value is -2.01. The van der Waals surface area contributed by atoms with Gasteiger partial charge in [0.05, 0.1) is 18.2 Å². The molecule has 23 heavy (non-hydrogen) atoms. The van der Waals surface area contributed by atoms with Gasteiger partial charge in [-0.05, 0) is 64.3 Å². The summed E-state index contributed by atoms with van der Waals surface area (Å²) >= 11 is 3.38. The van der Waals surface area contributed by atoms with Gasteiger partial charge < -0.3 is 14.8 Å². The Balaban J connectivity index is 2.01. The lowest BCUT2D eigenvalue weighted by Crippen LogP contribution is -2.12. The molecule has 0 aliphatic rings. The van der Waals surface area contributed by atoms with Crippen LogP contribution in [-0.2, 0) is 0 Å². The molecule has 0 spiro atoms. The Bertz CT molecular complexity index is 668. The fraction of sp³-hybridized carbons (Fsp3) is 0.278. The predicted octanol–water partition coefficient (Wildman–Crippen LogP) is 4.74. The van der Waals surface area contributed by atoms with E-state index >= 15 is 0 Å². The first-order chi connectivity index (χ1) is 11.0. The van der Waals surface area contributed by atoms with Gasteiger partial charge in [0.25, 0.3) is 5.91 Å². The minimum atomic E-state index is -0.177. The van der Waals surface area contributed by atoms with E-state index in [1.807, 2.05) is 24.3 Å². The number of carbonyl (C=O) groups excluding carboxylic acids is 1. The van der Waals surface area contributed by atoms with Gasteiger partial charge in [0.1, 0.15) is 11.5 Å². The van der Waals surface area contributed by atoms with Gasteiger partial charge in [0.15, 0.2) is 0 Å². The van der Waals surface area contributed by atoms with E-state index in [1.54, 1.807) is 25.3 Å². The highest BCUT2D eigenvalue weighted by Gasteiger charge is 2.09. The molecule has 0 atom stereocenters. The van der Waals surface area contributed by atoms with Gasteiger partial charge in [0, 0.05) is 11.3 Å². The number of rotatable bonds is 6. The summed E-state index contributed by atoms with van der Waals surface area (Å²) in [5, 5.41) is 2.86. The summed E-state index contributed by atoms with van der Waals surface area (Å²) in [6.45, 7) is 4.87. The Kier molecular flexibility index (Phi) is 6.04. The van der Waals surface area contributed by atoms with Crippen molar-refractivity contribution < 1.29 is 14.3 Å². The summed E-state index contributed by atoms with van der Waals surface area (Å²) in [6.07, 6.45) is 0. The number of nitrogens with one attached hydrogen (secondary N) is 1. The van der Waals surface area contributed by atoms with E-state index in [-0.39, 0.29) is 5.91 Å². The molecule has 0 fully saturated rings. The predicted molar refractivity (Wildman–Crippen MR) is 95.4 cm³/mol. The summed E-state index contributed by atoms with van der Waals surface area (Å²) in [6, 6.07) is 12.6. The smallest absolute Gasteiger partial charge is 0.255 e. The fourth-order valence-corrected chi connectivity index (χ4v) is 2.45. The highest BCUT2D eigenvalue weighted by molar-refractivity contribution is 9.10. The van der Waals surface area contributed by atoms with Crippen LogP contribution in [0.2, 0.25) is 0 Å². The maximum absolute atomic E-state index is 12.3. The van der Waals surface area contributed by atoms with Gasteiger partial charge in [0.2, 0.25) is 0 Å². The molecule has 0 aliphatic carbocycles. The second-order valence-corrected chi connectivity index (χ2v) is 6.39. The van der Waals surface area contributed by atoms with Crippen LogP contribution < -0.4 is 14.8 Å². The number of benzene rings is 2. The van der Waals surface area contributed by atoms with Crippen molar-refractivity contribution in [1.82, 2.24) is 0 Å². The van der Waals surface area contributed by atoms with Crippen LogP contribution >= 0.6 is 15.9 Å². The molecule has 0 radical (unpaired) electrons. The van der Waals surface area contributed by atoms with Crippen LogP contribution in [0.25, 0.3) is 0 Å². The Morgan fingerprint density at radius 2 is 1.87 bits per heavy atom. The molecule has 5 heteroatoms. The van der Waals surface area contributed by atoms with Crippen LogP contribution in [0.4, 0.5) is 5.69 Å². The van der Waals surface area contributed by atoms with E-state index in [0.29, 0.717) is 23.8 Å². The number of carbonyl (C=O) groups is 1. The molecule has 0 saturated carbocycles. The zero-order valence-corrected chi connectivity index (χ0v) is 15.0. The molecule has 0 aliphatic heterocycles. The van der Waals surface area contributed by atoms with E-state index in [1.165, 1.54) is 0 Å². The first-order valence-electron chi connectivity index (χ1n) is 7.37. The second kappa shape index (κ2) is 8.02. The number of hydrogen-bond acceptors (Lipinski definition) is 3. The minimum absolute atomic E-state index is 0.177. The van der Waals surface area contributed by atoms with Crippen LogP contribution in [0.5, 0.6) is 11.5 Å². The first kappa shape index (κ1) is 17.3. The van der Waals surface area contributed by atoms with Crippen molar-refractivity contribution in [2.75, 3.05) is 19.0 Å². The Labute approximate surface area is 144 Å². The SMILES string of the molecule is COc1ccc(C(=O)Nc2ccc(OCC(C)C)cc2)cc1Br. The van der Waals surface area contributed by atoms with Gasteiger partial charge in [-0.3, -0.25) is 4.79 Å². The second-order valence-electron chi connectivity index (χ2n) is 5.53. The highest BCUT2D eigenvalue weighted by atomic mass is 79.9. The summed E-state index contributed by atoms with van der Waals surface area (Å²) in [5.41, 5.74) is 1.27. The number of hydrogen-bond donors (Lipinski definition) is 1. The largest absolute Gasteiger partial charge is 0.496 e. The average molecular weight is 378 g/mol. The monoisotopic (exact) mass is 377 g/mol. The molecule has 2 rings (SSSR count). The van der Waals surface area contributed by atoms with Crippen LogP contribution in [0.1, 0.15) is 24.2 Å². The summed E-state index contributed by atoms with van der Waals surface area (Å²) < 4.78 is 11.5. The van der Waals surface area contributed by atoms with Gasteiger partial charge in [-0.1, -0.05) is 13.8 Å². The van der Waals surface area contributed by atoms with Crippen molar-refractivity contribution in [1.29, 1.82) is 0 Å². The molecule has 0 aromatic heterocycles. The van der Waals surface area contributed by atoms with Gasteiger partial charge in [-0.2, -0.15) is 0 Å². The van der Waals surface area contributed by atoms with E-state index in [0.717, 1.165) is 15.9 Å². The van der Waals surface area contributed by atoms with Crippen LogP contribution in [0, 0.1) is 5.92 Å². The number of amides is 1. The van der Waals surface area contributed by atoms with Crippen molar-refractivity contribution in [2.45, 2.75) is 13.8 Å². The number of halogens is 1. The molecule has 4 nitrogen and oxygen atoms in total. The third kappa shape index (κ3) is 4.99. The molecule has 2 aromatic carbocycles.